The molecule has 0 aromatic heterocycles. The van der Waals surface area contributed by atoms with E-state index in [9.17, 15) is 30.0 Å². The van der Waals surface area contributed by atoms with Gasteiger partial charge in [-0.1, -0.05) is 12.1 Å². The van der Waals surface area contributed by atoms with Crippen LogP contribution in [0.25, 0.3) is 6.08 Å². The lowest BCUT2D eigenvalue weighted by atomic mass is 10.2. The van der Waals surface area contributed by atoms with Gasteiger partial charge < -0.3 is 4.18 Å². The van der Waals surface area contributed by atoms with Crippen LogP contribution >= 0.6 is 0 Å². The standard InChI is InChI=1S/C9H8F3NO5S2/c10-9(11,12)20(16,17)18-8-3-1-7(2-4-8)5-6-19(13,14)15/h1-6H,(H2,13,14,15)/b6-5+. The normalized spacial score (nSPS) is 13.6. The van der Waals surface area contributed by atoms with Gasteiger partial charge in [0.2, 0.25) is 10.0 Å². The zero-order valence-electron chi connectivity index (χ0n) is 9.53. The Morgan fingerprint density at radius 3 is 1.95 bits per heavy atom. The lowest BCUT2D eigenvalue weighted by molar-refractivity contribution is -0.0500. The Labute approximate surface area is 112 Å². The lowest BCUT2D eigenvalue weighted by Gasteiger charge is -2.09. The minimum absolute atomic E-state index is 0.274. The Hall–Kier alpha value is -1.59. The van der Waals surface area contributed by atoms with Gasteiger partial charge >= 0.3 is 15.6 Å². The Morgan fingerprint density at radius 1 is 1.05 bits per heavy atom. The van der Waals surface area contributed by atoms with Gasteiger partial charge in [-0.25, -0.2) is 13.6 Å². The summed E-state index contributed by atoms with van der Waals surface area (Å²) in [6.45, 7) is 0. The quantitative estimate of drug-likeness (QED) is 0.659. The van der Waals surface area contributed by atoms with Gasteiger partial charge in [0.05, 0.1) is 0 Å². The molecule has 11 heteroatoms. The van der Waals surface area contributed by atoms with Crippen molar-refractivity contribution in [2.24, 2.45) is 5.14 Å². The molecule has 0 saturated heterocycles. The highest BCUT2D eigenvalue weighted by molar-refractivity contribution is 7.92. The van der Waals surface area contributed by atoms with E-state index in [4.69, 9.17) is 5.14 Å². The maximum absolute atomic E-state index is 12.0. The number of halogens is 3. The van der Waals surface area contributed by atoms with E-state index in [1.807, 2.05) is 0 Å². The monoisotopic (exact) mass is 331 g/mol. The molecule has 112 valence electrons. The first-order valence-electron chi connectivity index (χ1n) is 4.72. The van der Waals surface area contributed by atoms with Gasteiger partial charge in [-0.15, -0.1) is 0 Å². The molecule has 1 aromatic rings. The first-order chi connectivity index (χ1) is 8.91. The maximum Gasteiger partial charge on any atom is 0.534 e. The summed E-state index contributed by atoms with van der Waals surface area (Å²) < 4.78 is 82.7. The van der Waals surface area contributed by atoms with Crippen LogP contribution < -0.4 is 9.32 Å². The van der Waals surface area contributed by atoms with E-state index in [1.165, 1.54) is 0 Å². The lowest BCUT2D eigenvalue weighted by Crippen LogP contribution is -2.28. The summed E-state index contributed by atoms with van der Waals surface area (Å²) in [5.74, 6) is -0.560. The second kappa shape index (κ2) is 5.42. The summed E-state index contributed by atoms with van der Waals surface area (Å²) in [6.07, 6.45) is 1.08. The molecule has 0 saturated carbocycles. The third-order valence-corrected chi connectivity index (χ3v) is 3.31. The van der Waals surface area contributed by atoms with Crippen molar-refractivity contribution in [3.05, 3.63) is 35.2 Å². The van der Waals surface area contributed by atoms with Crippen LogP contribution in [-0.2, 0) is 20.1 Å². The van der Waals surface area contributed by atoms with Gasteiger partial charge in [0.15, 0.2) is 0 Å². The number of rotatable bonds is 4. The fourth-order valence-corrected chi connectivity index (χ4v) is 1.79. The van der Waals surface area contributed by atoms with Crippen molar-refractivity contribution in [3.8, 4) is 5.75 Å². The molecule has 0 atom stereocenters. The molecule has 0 aliphatic rings. The SMILES string of the molecule is NS(=O)(=O)/C=C/c1ccc(OS(=O)(=O)C(F)(F)F)cc1. The van der Waals surface area contributed by atoms with Crippen molar-refractivity contribution >= 4 is 26.2 Å². The van der Waals surface area contributed by atoms with Gasteiger partial charge in [0.25, 0.3) is 0 Å². The van der Waals surface area contributed by atoms with Crippen LogP contribution in [0.3, 0.4) is 0 Å². The fraction of sp³-hybridized carbons (Fsp3) is 0.111. The van der Waals surface area contributed by atoms with Crippen LogP contribution in [0.2, 0.25) is 0 Å². The molecule has 0 heterocycles. The molecule has 0 bridgehead atoms. The molecule has 0 amide bonds. The Morgan fingerprint density at radius 2 is 1.55 bits per heavy atom. The van der Waals surface area contributed by atoms with E-state index < -0.39 is 31.4 Å². The second-order valence-corrected chi connectivity index (χ2v) is 6.43. The van der Waals surface area contributed by atoms with Crippen molar-refractivity contribution in [1.29, 1.82) is 0 Å². The molecule has 0 unspecified atom stereocenters. The van der Waals surface area contributed by atoms with Crippen molar-refractivity contribution < 1.29 is 34.2 Å². The van der Waals surface area contributed by atoms with Crippen molar-refractivity contribution in [1.82, 2.24) is 0 Å². The Balaban J connectivity index is 2.91. The van der Waals surface area contributed by atoms with Gasteiger partial charge in [-0.2, -0.15) is 21.6 Å². The van der Waals surface area contributed by atoms with Crippen LogP contribution in [0, 0.1) is 0 Å². The van der Waals surface area contributed by atoms with E-state index in [-0.39, 0.29) is 5.56 Å². The Bertz CT molecular complexity index is 705. The average molecular weight is 331 g/mol. The summed E-state index contributed by atoms with van der Waals surface area (Å²) in [4.78, 5) is 0. The van der Waals surface area contributed by atoms with Crippen molar-refractivity contribution in [3.63, 3.8) is 0 Å². The predicted octanol–water partition coefficient (Wildman–Crippen LogP) is 1.17. The van der Waals surface area contributed by atoms with Gasteiger partial charge in [-0.05, 0) is 23.8 Å². The summed E-state index contributed by atoms with van der Waals surface area (Å²) in [5.41, 5.74) is -5.25. The molecule has 0 aliphatic heterocycles. The molecule has 0 aliphatic carbocycles. The van der Waals surface area contributed by atoms with E-state index in [0.29, 0.717) is 5.41 Å². The van der Waals surface area contributed by atoms with E-state index >= 15 is 0 Å². The van der Waals surface area contributed by atoms with Crippen molar-refractivity contribution in [2.45, 2.75) is 5.51 Å². The van der Waals surface area contributed by atoms with E-state index in [1.54, 1.807) is 0 Å². The van der Waals surface area contributed by atoms with Crippen LogP contribution in [0.4, 0.5) is 13.2 Å². The number of alkyl halides is 3. The number of hydrogen-bond donors (Lipinski definition) is 1. The highest BCUT2D eigenvalue weighted by atomic mass is 32.2. The number of benzene rings is 1. The molecular formula is C9H8F3NO5S2. The summed E-state index contributed by atoms with van der Waals surface area (Å²) >= 11 is 0. The molecule has 0 spiro atoms. The van der Waals surface area contributed by atoms with Gasteiger partial charge in [0, 0.05) is 5.41 Å². The molecular weight excluding hydrogens is 323 g/mol. The smallest absolute Gasteiger partial charge is 0.376 e. The topological polar surface area (TPSA) is 104 Å². The number of nitrogens with two attached hydrogens (primary N) is 1. The molecule has 6 nitrogen and oxygen atoms in total. The minimum atomic E-state index is -5.73. The summed E-state index contributed by atoms with van der Waals surface area (Å²) in [5, 5.41) is 5.38. The Kier molecular flexibility index (Phi) is 4.46. The summed E-state index contributed by atoms with van der Waals surface area (Å²) in [6, 6.07) is 4.18. The third-order valence-electron chi connectivity index (χ3n) is 1.82. The number of sulfonamides is 1. The van der Waals surface area contributed by atoms with E-state index in [0.717, 1.165) is 30.3 Å². The average Bonchev–Trinajstić information content (AvgIpc) is 2.25. The third kappa shape index (κ3) is 4.83. The van der Waals surface area contributed by atoms with Crippen LogP contribution in [0.1, 0.15) is 5.56 Å². The van der Waals surface area contributed by atoms with Crippen molar-refractivity contribution in [2.75, 3.05) is 0 Å². The first-order valence-corrected chi connectivity index (χ1v) is 7.74. The number of hydrogen-bond acceptors (Lipinski definition) is 5. The molecule has 0 fully saturated rings. The van der Waals surface area contributed by atoms with Gasteiger partial charge in [-0.3, -0.25) is 0 Å². The first kappa shape index (κ1) is 16.5. The molecule has 20 heavy (non-hydrogen) atoms. The maximum atomic E-state index is 12.0. The largest absolute Gasteiger partial charge is 0.534 e. The predicted molar refractivity (Wildman–Crippen MR) is 64.2 cm³/mol. The molecule has 0 radical (unpaired) electrons. The fourth-order valence-electron chi connectivity index (χ4n) is 0.982. The minimum Gasteiger partial charge on any atom is -0.376 e. The molecule has 1 aromatic carbocycles. The van der Waals surface area contributed by atoms with Crippen LogP contribution in [0.15, 0.2) is 29.7 Å². The van der Waals surface area contributed by atoms with E-state index in [2.05, 4.69) is 4.18 Å². The van der Waals surface area contributed by atoms with Crippen LogP contribution in [0.5, 0.6) is 5.75 Å². The molecule has 2 N–H and O–H groups in total. The molecule has 1 rings (SSSR count). The van der Waals surface area contributed by atoms with Gasteiger partial charge in [0.1, 0.15) is 5.75 Å². The van der Waals surface area contributed by atoms with Crippen LogP contribution in [-0.4, -0.2) is 22.3 Å². The highest BCUT2D eigenvalue weighted by Crippen LogP contribution is 2.27. The zero-order valence-corrected chi connectivity index (χ0v) is 11.2. The zero-order chi connectivity index (χ0) is 15.6. The summed E-state index contributed by atoms with van der Waals surface area (Å²) in [7, 11) is -9.57. The second-order valence-electron chi connectivity index (χ2n) is 3.44. The number of primary sulfonamides is 1. The highest BCUT2D eigenvalue weighted by Gasteiger charge is 2.48.